The van der Waals surface area contributed by atoms with Crippen molar-refractivity contribution in [2.24, 2.45) is 0 Å². The molecule has 3 N–H and O–H groups in total. The van der Waals surface area contributed by atoms with E-state index in [2.05, 4.69) is 10.6 Å². The summed E-state index contributed by atoms with van der Waals surface area (Å²) in [5, 5.41) is 15.0. The topological polar surface area (TPSA) is 87.7 Å². The number of aliphatic hydroxyl groups is 1. The Bertz CT molecular complexity index is 596. The van der Waals surface area contributed by atoms with Gasteiger partial charge in [0.2, 0.25) is 11.8 Å². The van der Waals surface area contributed by atoms with Crippen LogP contribution in [0.2, 0.25) is 0 Å². The van der Waals surface area contributed by atoms with Gasteiger partial charge in [-0.05, 0) is 18.9 Å². The van der Waals surface area contributed by atoms with Crippen LogP contribution in [0.1, 0.15) is 38.2 Å². The molecule has 0 unspecified atom stereocenters. The van der Waals surface area contributed by atoms with Gasteiger partial charge in [-0.2, -0.15) is 0 Å². The first-order chi connectivity index (χ1) is 12.0. The summed E-state index contributed by atoms with van der Waals surface area (Å²) in [5.41, 5.74) is 0.427. The fourth-order valence-electron chi connectivity index (χ4n) is 2.87. The Morgan fingerprint density at radius 2 is 2.04 bits per heavy atom. The van der Waals surface area contributed by atoms with Gasteiger partial charge in [0.15, 0.2) is 0 Å². The minimum atomic E-state index is -0.520. The number of aliphatic hydroxyl groups excluding tert-OH is 1. The van der Waals surface area contributed by atoms with E-state index < -0.39 is 6.10 Å². The van der Waals surface area contributed by atoms with Crippen LogP contribution < -0.4 is 10.6 Å². The number of carbonyl (C=O) groups is 2. The van der Waals surface area contributed by atoms with Gasteiger partial charge < -0.3 is 20.5 Å². The molecule has 0 radical (unpaired) electrons. The fourth-order valence-corrected chi connectivity index (χ4v) is 2.87. The minimum absolute atomic E-state index is 0.0897. The molecule has 6 nitrogen and oxygen atoms in total. The number of amides is 2. The zero-order valence-corrected chi connectivity index (χ0v) is 14.3. The van der Waals surface area contributed by atoms with Crippen molar-refractivity contribution in [3.05, 3.63) is 35.6 Å². The lowest BCUT2D eigenvalue weighted by Crippen LogP contribution is -2.51. The van der Waals surface area contributed by atoms with Crippen molar-refractivity contribution < 1.29 is 23.8 Å². The standard InChI is InChI=1S/C18H25FN2O4/c1-2-17(23)21-15-8-7-13(25-16(15)11-22)9-18(24)20-10-12-5-3-4-6-14(12)19/h3-6,13,15-16,22H,2,7-11H2,1H3,(H,20,24)(H,21,23)/t13-,15-,16+/m0/s1. The largest absolute Gasteiger partial charge is 0.394 e. The lowest BCUT2D eigenvalue weighted by Gasteiger charge is -2.36. The number of benzene rings is 1. The molecule has 0 spiro atoms. The SMILES string of the molecule is CCC(=O)N[C@H]1CC[C@@H](CC(=O)NCc2ccccc2F)O[C@@H]1CO. The van der Waals surface area contributed by atoms with Crippen LogP contribution in [-0.2, 0) is 20.9 Å². The Kier molecular flexibility index (Phi) is 7.33. The van der Waals surface area contributed by atoms with Crippen LogP contribution in [0.15, 0.2) is 24.3 Å². The van der Waals surface area contributed by atoms with Crippen molar-refractivity contribution in [2.75, 3.05) is 6.61 Å². The molecule has 25 heavy (non-hydrogen) atoms. The Hall–Kier alpha value is -1.99. The van der Waals surface area contributed by atoms with Gasteiger partial charge in [-0.3, -0.25) is 9.59 Å². The second-order valence-corrected chi connectivity index (χ2v) is 6.16. The summed E-state index contributed by atoms with van der Waals surface area (Å²) in [6.07, 6.45) is 0.914. The fraction of sp³-hybridized carbons (Fsp3) is 0.556. The molecular weight excluding hydrogens is 327 g/mol. The molecule has 1 aliphatic rings. The smallest absolute Gasteiger partial charge is 0.222 e. The van der Waals surface area contributed by atoms with Gasteiger partial charge in [0.05, 0.1) is 25.2 Å². The van der Waals surface area contributed by atoms with Crippen molar-refractivity contribution in [3.63, 3.8) is 0 Å². The molecule has 1 aromatic carbocycles. The van der Waals surface area contributed by atoms with Crippen molar-refractivity contribution >= 4 is 11.8 Å². The monoisotopic (exact) mass is 352 g/mol. The molecular formula is C18H25FN2O4. The number of halogens is 1. The normalized spacial score (nSPS) is 23.1. The van der Waals surface area contributed by atoms with E-state index in [4.69, 9.17) is 4.74 Å². The predicted molar refractivity (Wildman–Crippen MR) is 90.1 cm³/mol. The maximum atomic E-state index is 13.5. The third-order valence-electron chi connectivity index (χ3n) is 4.31. The first-order valence-corrected chi connectivity index (χ1v) is 8.59. The first kappa shape index (κ1) is 19.3. The molecule has 0 saturated carbocycles. The van der Waals surface area contributed by atoms with Crippen LogP contribution in [0.3, 0.4) is 0 Å². The molecule has 3 atom stereocenters. The van der Waals surface area contributed by atoms with Gasteiger partial charge in [-0.1, -0.05) is 25.1 Å². The van der Waals surface area contributed by atoms with E-state index in [1.54, 1.807) is 25.1 Å². The Morgan fingerprint density at radius 1 is 1.28 bits per heavy atom. The molecule has 0 aliphatic carbocycles. The number of rotatable bonds is 7. The van der Waals surface area contributed by atoms with Crippen molar-refractivity contribution in [1.29, 1.82) is 0 Å². The van der Waals surface area contributed by atoms with E-state index in [1.165, 1.54) is 6.07 Å². The molecule has 0 bridgehead atoms. The summed E-state index contributed by atoms with van der Waals surface area (Å²) in [5.74, 6) is -0.680. The number of nitrogens with one attached hydrogen (secondary N) is 2. The Morgan fingerprint density at radius 3 is 2.72 bits per heavy atom. The van der Waals surface area contributed by atoms with E-state index in [0.29, 0.717) is 24.8 Å². The highest BCUT2D eigenvalue weighted by Crippen LogP contribution is 2.22. The van der Waals surface area contributed by atoms with E-state index >= 15 is 0 Å². The highest BCUT2D eigenvalue weighted by Gasteiger charge is 2.32. The predicted octanol–water partition coefficient (Wildman–Crippen LogP) is 1.27. The molecule has 7 heteroatoms. The van der Waals surface area contributed by atoms with E-state index in [0.717, 1.165) is 0 Å². The zero-order valence-electron chi connectivity index (χ0n) is 14.3. The van der Waals surface area contributed by atoms with E-state index in [-0.39, 0.29) is 49.3 Å². The van der Waals surface area contributed by atoms with Crippen LogP contribution >= 0.6 is 0 Å². The minimum Gasteiger partial charge on any atom is -0.394 e. The van der Waals surface area contributed by atoms with Crippen molar-refractivity contribution in [1.82, 2.24) is 10.6 Å². The second kappa shape index (κ2) is 9.48. The van der Waals surface area contributed by atoms with Gasteiger partial charge in [-0.15, -0.1) is 0 Å². The lowest BCUT2D eigenvalue weighted by molar-refractivity contribution is -0.135. The number of hydrogen-bond acceptors (Lipinski definition) is 4. The van der Waals surface area contributed by atoms with Gasteiger partial charge in [0, 0.05) is 18.5 Å². The van der Waals surface area contributed by atoms with Gasteiger partial charge in [-0.25, -0.2) is 4.39 Å². The van der Waals surface area contributed by atoms with Crippen molar-refractivity contribution in [2.45, 2.75) is 57.4 Å². The van der Waals surface area contributed by atoms with Gasteiger partial charge >= 0.3 is 0 Å². The van der Waals surface area contributed by atoms with Crippen LogP contribution in [0, 0.1) is 5.82 Å². The Balaban J connectivity index is 1.80. The molecule has 1 aromatic rings. The number of hydrogen-bond donors (Lipinski definition) is 3. The molecule has 138 valence electrons. The lowest BCUT2D eigenvalue weighted by atomic mass is 9.96. The van der Waals surface area contributed by atoms with Gasteiger partial charge in [0.25, 0.3) is 0 Å². The summed E-state index contributed by atoms with van der Waals surface area (Å²) < 4.78 is 19.3. The highest BCUT2D eigenvalue weighted by atomic mass is 19.1. The average molecular weight is 352 g/mol. The molecule has 1 saturated heterocycles. The molecule has 1 heterocycles. The quantitative estimate of drug-likeness (QED) is 0.690. The van der Waals surface area contributed by atoms with Crippen LogP contribution in [0.5, 0.6) is 0 Å². The summed E-state index contributed by atoms with van der Waals surface area (Å²) in [6, 6.07) is 6.04. The molecule has 2 rings (SSSR count). The van der Waals surface area contributed by atoms with E-state index in [1.807, 2.05) is 0 Å². The first-order valence-electron chi connectivity index (χ1n) is 8.59. The average Bonchev–Trinajstić information content (AvgIpc) is 2.62. The zero-order chi connectivity index (χ0) is 18.2. The summed E-state index contributed by atoms with van der Waals surface area (Å²) >= 11 is 0. The summed E-state index contributed by atoms with van der Waals surface area (Å²) in [4.78, 5) is 23.6. The highest BCUT2D eigenvalue weighted by molar-refractivity contribution is 5.76. The second-order valence-electron chi connectivity index (χ2n) is 6.16. The molecule has 2 amide bonds. The van der Waals surface area contributed by atoms with Crippen LogP contribution in [0.25, 0.3) is 0 Å². The van der Waals surface area contributed by atoms with Gasteiger partial charge in [0.1, 0.15) is 11.9 Å². The van der Waals surface area contributed by atoms with Crippen molar-refractivity contribution in [3.8, 4) is 0 Å². The third-order valence-corrected chi connectivity index (χ3v) is 4.31. The van der Waals surface area contributed by atoms with Crippen LogP contribution in [-0.4, -0.2) is 41.8 Å². The van der Waals surface area contributed by atoms with E-state index in [9.17, 15) is 19.1 Å². The summed E-state index contributed by atoms with van der Waals surface area (Å²) in [7, 11) is 0. The maximum Gasteiger partial charge on any atom is 0.222 e. The molecule has 0 aromatic heterocycles. The Labute approximate surface area is 146 Å². The molecule has 1 aliphatic heterocycles. The van der Waals surface area contributed by atoms with Crippen LogP contribution in [0.4, 0.5) is 4.39 Å². The molecule has 1 fully saturated rings. The maximum absolute atomic E-state index is 13.5. The number of carbonyl (C=O) groups excluding carboxylic acids is 2. The number of ether oxygens (including phenoxy) is 1. The third kappa shape index (κ3) is 5.79. The summed E-state index contributed by atoms with van der Waals surface area (Å²) in [6.45, 7) is 1.66.